The van der Waals surface area contributed by atoms with Gasteiger partial charge in [0.05, 0.1) is 9.79 Å². The molecule has 0 heterocycles. The molecule has 3 rings (SSSR count). The molecule has 174 valence electrons. The Kier molecular flexibility index (Phi) is 7.79. The van der Waals surface area contributed by atoms with Crippen LogP contribution in [0.15, 0.2) is 99.2 Å². The third-order valence-corrected chi connectivity index (χ3v) is 8.16. The third-order valence-electron chi connectivity index (χ3n) is 5.80. The van der Waals surface area contributed by atoms with E-state index in [9.17, 15) is 22.8 Å². The highest BCUT2D eigenvalue weighted by molar-refractivity contribution is 9.10. The first-order chi connectivity index (χ1) is 16.1. The van der Waals surface area contributed by atoms with Crippen molar-refractivity contribution < 1.29 is 22.8 Å². The highest BCUT2D eigenvalue weighted by Gasteiger charge is 2.46. The van der Waals surface area contributed by atoms with Crippen molar-refractivity contribution in [3.63, 3.8) is 0 Å². The number of carbonyl (C=O) groups is 3. The second-order valence-corrected chi connectivity index (χ2v) is 10.7. The summed E-state index contributed by atoms with van der Waals surface area (Å²) in [5.41, 5.74) is -0.868. The largest absolute Gasteiger partial charge is 0.299 e. The van der Waals surface area contributed by atoms with Gasteiger partial charge >= 0.3 is 0 Å². The number of halogens is 1. The van der Waals surface area contributed by atoms with Crippen LogP contribution in [-0.2, 0) is 30.6 Å². The molecule has 0 saturated heterocycles. The van der Waals surface area contributed by atoms with Crippen LogP contribution in [-0.4, -0.2) is 26.3 Å². The third kappa shape index (κ3) is 4.86. The molecule has 0 atom stereocenters. The van der Waals surface area contributed by atoms with E-state index in [2.05, 4.69) is 15.9 Å². The van der Waals surface area contributed by atoms with Gasteiger partial charge in [-0.15, -0.1) is 0 Å². The molecule has 3 aromatic rings. The Morgan fingerprint density at radius 2 is 1.41 bits per heavy atom. The number of allylic oxidation sites excluding steroid dienone is 2. The number of ketones is 2. The van der Waals surface area contributed by atoms with E-state index in [0.29, 0.717) is 11.8 Å². The fourth-order valence-electron chi connectivity index (χ4n) is 4.06. The molecule has 0 N–H and O–H groups in total. The normalized spacial score (nSPS) is 12.3. The Labute approximate surface area is 207 Å². The molecule has 0 aliphatic heterocycles. The van der Waals surface area contributed by atoms with Crippen molar-refractivity contribution in [1.82, 2.24) is 0 Å². The predicted molar refractivity (Wildman–Crippen MR) is 134 cm³/mol. The zero-order valence-corrected chi connectivity index (χ0v) is 21.1. The van der Waals surface area contributed by atoms with Crippen LogP contribution in [0.5, 0.6) is 0 Å². The van der Waals surface area contributed by atoms with Crippen LogP contribution in [0.3, 0.4) is 0 Å². The molecule has 0 radical (unpaired) electrons. The molecule has 0 aliphatic rings. The van der Waals surface area contributed by atoms with Gasteiger partial charge < -0.3 is 0 Å². The first-order valence-corrected chi connectivity index (χ1v) is 12.7. The van der Waals surface area contributed by atoms with Crippen molar-refractivity contribution in [2.75, 3.05) is 0 Å². The maximum absolute atomic E-state index is 13.5. The lowest BCUT2D eigenvalue weighted by molar-refractivity contribution is -0.134. The number of sulfone groups is 1. The quantitative estimate of drug-likeness (QED) is 0.210. The van der Waals surface area contributed by atoms with Crippen LogP contribution in [0.1, 0.15) is 25.0 Å². The summed E-state index contributed by atoms with van der Waals surface area (Å²) in [6.45, 7) is 2.57. The maximum Gasteiger partial charge on any atom is 0.207 e. The Bertz CT molecular complexity index is 1340. The standard InChI is InChI=1S/C27H23BrO5S/c1-19(30)27(20(2)31,18-21-12-14-22(28)15-13-21)25(16-17-29)24-10-6-7-11-26(24)34(32,33)23-8-4-3-5-9-23/h3-17H,18H2,1-2H3/b25-16+. The highest BCUT2D eigenvalue weighted by Crippen LogP contribution is 2.43. The van der Waals surface area contributed by atoms with Crippen molar-refractivity contribution >= 4 is 49.2 Å². The molecule has 0 unspecified atom stereocenters. The lowest BCUT2D eigenvalue weighted by atomic mass is 9.67. The second-order valence-electron chi connectivity index (χ2n) is 7.85. The Morgan fingerprint density at radius 3 is 1.97 bits per heavy atom. The predicted octanol–water partition coefficient (Wildman–Crippen LogP) is 5.27. The van der Waals surface area contributed by atoms with Gasteiger partial charge in [0.1, 0.15) is 23.3 Å². The molecule has 0 aliphatic carbocycles. The minimum atomic E-state index is -4.01. The van der Waals surface area contributed by atoms with E-state index in [1.54, 1.807) is 54.6 Å². The smallest absolute Gasteiger partial charge is 0.207 e. The Morgan fingerprint density at radius 1 is 0.853 bits per heavy atom. The lowest BCUT2D eigenvalue weighted by Gasteiger charge is -2.32. The molecule has 7 heteroatoms. The average Bonchev–Trinajstić information content (AvgIpc) is 2.82. The summed E-state index contributed by atoms with van der Waals surface area (Å²) in [5, 5.41) is 0. The van der Waals surface area contributed by atoms with Crippen LogP contribution in [0.2, 0.25) is 0 Å². The molecule has 0 aromatic heterocycles. The van der Waals surface area contributed by atoms with Crippen LogP contribution < -0.4 is 0 Å². The van der Waals surface area contributed by atoms with E-state index < -0.39 is 26.8 Å². The molecule has 0 fully saturated rings. The fraction of sp³-hybridized carbons (Fsp3) is 0.148. The van der Waals surface area contributed by atoms with Crippen molar-refractivity contribution in [2.45, 2.75) is 30.1 Å². The fourth-order valence-corrected chi connectivity index (χ4v) is 5.82. The number of benzene rings is 3. The zero-order valence-electron chi connectivity index (χ0n) is 18.7. The zero-order chi connectivity index (χ0) is 24.9. The van der Waals surface area contributed by atoms with E-state index in [-0.39, 0.29) is 27.3 Å². The van der Waals surface area contributed by atoms with Crippen molar-refractivity contribution in [1.29, 1.82) is 0 Å². The van der Waals surface area contributed by atoms with Crippen LogP contribution in [0, 0.1) is 5.41 Å². The summed E-state index contributed by atoms with van der Waals surface area (Å²) >= 11 is 3.37. The van der Waals surface area contributed by atoms with Crippen LogP contribution in [0.25, 0.3) is 5.57 Å². The molecule has 0 amide bonds. The second kappa shape index (κ2) is 10.4. The Hall–Kier alpha value is -3.16. The molecule has 0 bridgehead atoms. The summed E-state index contributed by atoms with van der Waals surface area (Å²) < 4.78 is 27.9. The van der Waals surface area contributed by atoms with E-state index in [1.165, 1.54) is 38.1 Å². The van der Waals surface area contributed by atoms with E-state index >= 15 is 0 Å². The number of aldehydes is 1. The average molecular weight is 539 g/mol. The van der Waals surface area contributed by atoms with Gasteiger partial charge in [-0.1, -0.05) is 64.5 Å². The van der Waals surface area contributed by atoms with Crippen LogP contribution >= 0.6 is 15.9 Å². The van der Waals surface area contributed by atoms with Gasteiger partial charge in [-0.3, -0.25) is 14.4 Å². The van der Waals surface area contributed by atoms with Gasteiger partial charge in [-0.2, -0.15) is 0 Å². The molecule has 3 aromatic carbocycles. The van der Waals surface area contributed by atoms with E-state index in [0.717, 1.165) is 10.5 Å². The maximum atomic E-state index is 13.5. The SMILES string of the molecule is CC(=O)C(Cc1ccc(Br)cc1)(C(C)=O)/C(=C/C=O)c1ccccc1S(=O)(=O)c1ccccc1. The molecule has 34 heavy (non-hydrogen) atoms. The summed E-state index contributed by atoms with van der Waals surface area (Å²) in [6, 6.07) is 21.1. The van der Waals surface area contributed by atoms with Gasteiger partial charge in [0, 0.05) is 4.47 Å². The number of rotatable bonds is 9. The summed E-state index contributed by atoms with van der Waals surface area (Å²) in [5.74, 6) is -0.967. The number of hydrogen-bond donors (Lipinski definition) is 0. The first-order valence-electron chi connectivity index (χ1n) is 10.5. The van der Waals surface area contributed by atoms with Crippen molar-refractivity contribution in [2.24, 2.45) is 5.41 Å². The minimum absolute atomic E-state index is 0.0235. The highest BCUT2D eigenvalue weighted by atomic mass is 79.9. The van der Waals surface area contributed by atoms with Crippen LogP contribution in [0.4, 0.5) is 0 Å². The monoisotopic (exact) mass is 538 g/mol. The van der Waals surface area contributed by atoms with Gasteiger partial charge in [0.25, 0.3) is 0 Å². The molecule has 0 saturated carbocycles. The lowest BCUT2D eigenvalue weighted by Crippen LogP contribution is -2.40. The van der Waals surface area contributed by atoms with Gasteiger partial charge in [0.2, 0.25) is 9.84 Å². The molecular weight excluding hydrogens is 516 g/mol. The molecular formula is C27H23BrO5S. The number of Topliss-reactive ketones (excluding diaryl/α,β-unsaturated/α-hetero) is 2. The summed E-state index contributed by atoms with van der Waals surface area (Å²) in [6.07, 6.45) is 1.58. The van der Waals surface area contributed by atoms with E-state index in [1.807, 2.05) is 0 Å². The minimum Gasteiger partial charge on any atom is -0.299 e. The summed E-state index contributed by atoms with van der Waals surface area (Å²) in [7, 11) is -4.01. The topological polar surface area (TPSA) is 85.3 Å². The molecule has 5 nitrogen and oxygen atoms in total. The van der Waals surface area contributed by atoms with Crippen molar-refractivity contribution in [3.8, 4) is 0 Å². The Balaban J connectivity index is 2.31. The van der Waals surface area contributed by atoms with Crippen molar-refractivity contribution in [3.05, 3.63) is 101 Å². The number of hydrogen-bond acceptors (Lipinski definition) is 5. The van der Waals surface area contributed by atoms with E-state index in [4.69, 9.17) is 0 Å². The summed E-state index contributed by atoms with van der Waals surface area (Å²) in [4.78, 5) is 38.1. The number of carbonyl (C=O) groups excluding carboxylic acids is 3. The van der Waals surface area contributed by atoms with Gasteiger partial charge in [-0.05, 0) is 73.4 Å². The van der Waals surface area contributed by atoms with Gasteiger partial charge in [0.15, 0.2) is 0 Å². The molecule has 0 spiro atoms. The van der Waals surface area contributed by atoms with Gasteiger partial charge in [-0.25, -0.2) is 8.42 Å². The first kappa shape index (κ1) is 25.5.